The summed E-state index contributed by atoms with van der Waals surface area (Å²) in [6, 6.07) is 23.0. The molecule has 3 heterocycles. The molecule has 3 aromatic carbocycles. The molecule has 39 heavy (non-hydrogen) atoms. The average Bonchev–Trinajstić information content (AvgIpc) is 3.60. The fourth-order valence-corrected chi connectivity index (χ4v) is 5.93. The Morgan fingerprint density at radius 1 is 1.00 bits per heavy atom. The molecule has 8 heteroatoms. The van der Waals surface area contributed by atoms with Crippen LogP contribution in [0.3, 0.4) is 0 Å². The van der Waals surface area contributed by atoms with Crippen LogP contribution < -0.4 is 4.72 Å². The molecule has 6 aromatic rings. The van der Waals surface area contributed by atoms with Crippen LogP contribution in [0.5, 0.6) is 0 Å². The minimum Gasteiger partial charge on any atom is -0.337 e. The Kier molecular flexibility index (Phi) is 7.11. The van der Waals surface area contributed by atoms with Crippen molar-refractivity contribution in [3.05, 3.63) is 101 Å². The Morgan fingerprint density at radius 3 is 2.64 bits per heavy atom. The number of halogens is 1. The van der Waals surface area contributed by atoms with Crippen molar-refractivity contribution in [2.75, 3.05) is 4.72 Å². The second-order valence-corrected chi connectivity index (χ2v) is 11.1. The van der Waals surface area contributed by atoms with E-state index in [-0.39, 0.29) is 0 Å². The maximum Gasteiger partial charge on any atom is 0.237 e. The summed E-state index contributed by atoms with van der Waals surface area (Å²) in [7, 11) is 0. The first-order valence-corrected chi connectivity index (χ1v) is 14.4. The fourth-order valence-electron chi connectivity index (χ4n) is 4.96. The van der Waals surface area contributed by atoms with Gasteiger partial charge in [0.1, 0.15) is 5.82 Å². The molecule has 0 spiro atoms. The number of aromatic nitrogens is 4. The summed E-state index contributed by atoms with van der Waals surface area (Å²) in [5.74, 6) is 1.78. The molecule has 0 amide bonds. The number of hydrogen-bond acceptors (Lipinski definition) is 5. The Labute approximate surface area is 237 Å². The minimum absolute atomic E-state index is 0.678. The predicted molar refractivity (Wildman–Crippen MR) is 161 cm³/mol. The molecule has 1 N–H and O–H groups in total. The van der Waals surface area contributed by atoms with E-state index < -0.39 is 0 Å². The molecule has 0 aliphatic rings. The highest BCUT2D eigenvalue weighted by Crippen LogP contribution is 2.34. The van der Waals surface area contributed by atoms with E-state index in [4.69, 9.17) is 21.1 Å². The lowest BCUT2D eigenvalue weighted by molar-refractivity contribution is 0.431. The monoisotopic (exact) mass is 555 g/mol. The summed E-state index contributed by atoms with van der Waals surface area (Å²) in [5.41, 5.74) is 7.46. The third-order valence-corrected chi connectivity index (χ3v) is 8.29. The van der Waals surface area contributed by atoms with E-state index >= 15 is 0 Å². The number of unbranched alkanes of at least 4 members (excludes halogenated alkanes) is 1. The highest BCUT2D eigenvalue weighted by Gasteiger charge is 2.17. The molecule has 0 bridgehead atoms. The number of para-hydroxylation sites is 2. The van der Waals surface area contributed by atoms with E-state index in [9.17, 15) is 0 Å². The van der Waals surface area contributed by atoms with Gasteiger partial charge < -0.3 is 13.7 Å². The lowest BCUT2D eigenvalue weighted by Crippen LogP contribution is -2.05. The SMILES string of the molecule is CCCCc1nc2cc(Cl)ccc2n1Cc1cn(-c2ccccc2SNc2onc(C)c2C)c2ccccc12. The molecule has 0 fully saturated rings. The van der Waals surface area contributed by atoms with Crippen LogP contribution in [-0.2, 0) is 13.0 Å². The van der Waals surface area contributed by atoms with Gasteiger partial charge in [-0.25, -0.2) is 4.98 Å². The van der Waals surface area contributed by atoms with Crippen molar-refractivity contribution in [1.29, 1.82) is 0 Å². The first-order valence-electron chi connectivity index (χ1n) is 13.2. The normalized spacial score (nSPS) is 11.6. The molecular formula is C31H30ClN5OS. The maximum absolute atomic E-state index is 6.31. The number of fused-ring (bicyclic) bond motifs is 2. The van der Waals surface area contributed by atoms with Gasteiger partial charge in [-0.2, -0.15) is 0 Å². The van der Waals surface area contributed by atoms with Gasteiger partial charge in [0.15, 0.2) is 0 Å². The zero-order valence-corrected chi connectivity index (χ0v) is 23.8. The van der Waals surface area contributed by atoms with Crippen molar-refractivity contribution in [2.24, 2.45) is 0 Å². The number of rotatable bonds is 9. The van der Waals surface area contributed by atoms with Crippen LogP contribution in [0, 0.1) is 13.8 Å². The number of nitrogens with zero attached hydrogens (tertiary/aromatic N) is 4. The second kappa shape index (κ2) is 10.8. The largest absolute Gasteiger partial charge is 0.337 e. The molecule has 6 rings (SSSR count). The van der Waals surface area contributed by atoms with Gasteiger partial charge in [0, 0.05) is 28.6 Å². The van der Waals surface area contributed by atoms with Gasteiger partial charge in [0.25, 0.3) is 0 Å². The minimum atomic E-state index is 0.678. The van der Waals surface area contributed by atoms with Gasteiger partial charge in [-0.05, 0) is 74.2 Å². The Morgan fingerprint density at radius 2 is 1.82 bits per heavy atom. The average molecular weight is 556 g/mol. The molecule has 0 radical (unpaired) electrons. The summed E-state index contributed by atoms with van der Waals surface area (Å²) >= 11 is 7.84. The van der Waals surface area contributed by atoms with Gasteiger partial charge in [-0.15, -0.1) is 0 Å². The van der Waals surface area contributed by atoms with Crippen LogP contribution in [-0.4, -0.2) is 19.3 Å². The van der Waals surface area contributed by atoms with Crippen LogP contribution >= 0.6 is 23.5 Å². The van der Waals surface area contributed by atoms with E-state index in [1.807, 2.05) is 26.0 Å². The summed E-state index contributed by atoms with van der Waals surface area (Å²) < 4.78 is 13.5. The Hall–Kier alpha value is -3.68. The summed E-state index contributed by atoms with van der Waals surface area (Å²) in [6.07, 6.45) is 5.42. The molecule has 198 valence electrons. The van der Waals surface area contributed by atoms with Crippen LogP contribution in [0.25, 0.3) is 27.6 Å². The van der Waals surface area contributed by atoms with Crippen LogP contribution in [0.2, 0.25) is 5.02 Å². The Bertz CT molecular complexity index is 1780. The lowest BCUT2D eigenvalue weighted by Gasteiger charge is -2.12. The van der Waals surface area contributed by atoms with Crippen molar-refractivity contribution in [2.45, 2.75) is 51.5 Å². The molecule has 0 saturated carbocycles. The highest BCUT2D eigenvalue weighted by molar-refractivity contribution is 8.00. The van der Waals surface area contributed by atoms with Gasteiger partial charge >= 0.3 is 0 Å². The standard InChI is InChI=1S/C31H30ClN5OS/c1-4-5-14-30-33-25-17-23(32)15-16-27(25)37(30)19-22-18-36(26-11-7-6-10-24(22)26)28-12-8-9-13-29(28)39-35-31-20(2)21(3)34-38-31/h6-13,15-18,35H,4-5,14,19H2,1-3H3. The van der Waals surface area contributed by atoms with Gasteiger partial charge in [-0.1, -0.05) is 60.4 Å². The van der Waals surface area contributed by atoms with E-state index in [0.717, 1.165) is 70.0 Å². The first kappa shape index (κ1) is 25.6. The van der Waals surface area contributed by atoms with E-state index in [1.54, 1.807) is 0 Å². The quantitative estimate of drug-likeness (QED) is 0.181. The zero-order valence-electron chi connectivity index (χ0n) is 22.2. The van der Waals surface area contributed by atoms with E-state index in [2.05, 4.69) is 86.7 Å². The van der Waals surface area contributed by atoms with Crippen molar-refractivity contribution in [1.82, 2.24) is 19.3 Å². The molecule has 0 unspecified atom stereocenters. The van der Waals surface area contributed by atoms with E-state index in [1.165, 1.54) is 22.9 Å². The lowest BCUT2D eigenvalue weighted by atomic mass is 10.1. The third kappa shape index (κ3) is 4.92. The van der Waals surface area contributed by atoms with Crippen LogP contribution in [0.15, 0.2) is 82.3 Å². The number of imidazole rings is 1. The molecule has 6 nitrogen and oxygen atoms in total. The van der Waals surface area contributed by atoms with Crippen LogP contribution in [0.4, 0.5) is 5.88 Å². The number of hydrogen-bond donors (Lipinski definition) is 1. The fraction of sp³-hybridized carbons (Fsp3) is 0.226. The summed E-state index contributed by atoms with van der Waals surface area (Å²) in [6.45, 7) is 6.90. The highest BCUT2D eigenvalue weighted by atomic mass is 35.5. The van der Waals surface area contributed by atoms with Gasteiger partial charge in [0.05, 0.1) is 39.4 Å². The first-order chi connectivity index (χ1) is 19.0. The predicted octanol–water partition coefficient (Wildman–Crippen LogP) is 8.75. The van der Waals surface area contributed by atoms with Crippen molar-refractivity contribution < 1.29 is 4.52 Å². The molecule has 0 aliphatic heterocycles. The third-order valence-electron chi connectivity index (χ3n) is 7.20. The van der Waals surface area contributed by atoms with Gasteiger partial charge in [-0.3, -0.25) is 4.72 Å². The van der Waals surface area contributed by atoms with Crippen molar-refractivity contribution in [3.8, 4) is 5.69 Å². The Balaban J connectivity index is 1.41. The van der Waals surface area contributed by atoms with Gasteiger partial charge in [0.2, 0.25) is 5.88 Å². The molecule has 0 saturated heterocycles. The number of nitrogens with one attached hydrogen (secondary N) is 1. The van der Waals surface area contributed by atoms with Crippen molar-refractivity contribution in [3.63, 3.8) is 0 Å². The topological polar surface area (TPSA) is 60.8 Å². The number of anilines is 1. The summed E-state index contributed by atoms with van der Waals surface area (Å²) in [4.78, 5) is 6.06. The smallest absolute Gasteiger partial charge is 0.237 e. The number of aryl methyl sites for hydroxylation is 2. The molecule has 3 aromatic heterocycles. The van der Waals surface area contributed by atoms with Crippen LogP contribution in [0.1, 0.15) is 42.4 Å². The molecule has 0 atom stereocenters. The second-order valence-electron chi connectivity index (χ2n) is 9.79. The molecule has 0 aliphatic carbocycles. The maximum atomic E-state index is 6.31. The van der Waals surface area contributed by atoms with Crippen molar-refractivity contribution >= 4 is 51.4 Å². The van der Waals surface area contributed by atoms with E-state index in [0.29, 0.717) is 10.9 Å². The molecular weight excluding hydrogens is 526 g/mol. The zero-order chi connectivity index (χ0) is 26.9. The summed E-state index contributed by atoms with van der Waals surface area (Å²) in [5, 5.41) is 6.01. The number of benzene rings is 3.